The number of nitriles is 1. The van der Waals surface area contributed by atoms with Crippen molar-refractivity contribution in [2.24, 2.45) is 0 Å². The Labute approximate surface area is 74.4 Å². The van der Waals surface area contributed by atoms with Crippen LogP contribution in [0.5, 0.6) is 0 Å². The molecule has 0 aromatic carbocycles. The summed E-state index contributed by atoms with van der Waals surface area (Å²) in [6.07, 6.45) is 1.66. The van der Waals surface area contributed by atoms with Crippen molar-refractivity contribution in [1.82, 2.24) is 14.8 Å². The number of carboxylic acids is 1. The second-order valence-electron chi connectivity index (χ2n) is 2.42. The van der Waals surface area contributed by atoms with Gasteiger partial charge in [0.1, 0.15) is 12.4 Å². The molecule has 1 rings (SSSR count). The summed E-state index contributed by atoms with van der Waals surface area (Å²) in [6.45, 7) is 1.73. The van der Waals surface area contributed by atoms with Crippen LogP contribution in [0.25, 0.3) is 0 Å². The van der Waals surface area contributed by atoms with Crippen LogP contribution in [0.1, 0.15) is 25.2 Å². The third kappa shape index (κ3) is 1.82. The molecule has 0 saturated carbocycles. The molecular weight excluding hydrogens is 172 g/mol. The van der Waals surface area contributed by atoms with E-state index in [9.17, 15) is 4.79 Å². The molecule has 1 N–H and O–H groups in total. The third-order valence-corrected chi connectivity index (χ3v) is 1.60. The van der Waals surface area contributed by atoms with Crippen molar-refractivity contribution in [3.8, 4) is 6.07 Å². The fraction of sp³-hybridized carbons (Fsp3) is 0.429. The van der Waals surface area contributed by atoms with E-state index in [0.29, 0.717) is 6.42 Å². The van der Waals surface area contributed by atoms with Crippen molar-refractivity contribution >= 4 is 5.97 Å². The lowest BCUT2D eigenvalue weighted by Gasteiger charge is -2.07. The molecule has 0 aliphatic carbocycles. The predicted molar refractivity (Wildman–Crippen MR) is 41.7 cm³/mol. The molecule has 68 valence electrons. The van der Waals surface area contributed by atoms with Gasteiger partial charge in [0.25, 0.3) is 5.82 Å². The zero-order valence-electron chi connectivity index (χ0n) is 7.01. The normalized spacial score (nSPS) is 12.0. The van der Waals surface area contributed by atoms with Gasteiger partial charge in [-0.3, -0.25) is 0 Å². The highest BCUT2D eigenvalue weighted by Crippen LogP contribution is 2.08. The van der Waals surface area contributed by atoms with Crippen molar-refractivity contribution in [2.75, 3.05) is 0 Å². The van der Waals surface area contributed by atoms with E-state index in [4.69, 9.17) is 10.4 Å². The molecule has 0 aliphatic rings. The van der Waals surface area contributed by atoms with Gasteiger partial charge in [-0.1, -0.05) is 6.92 Å². The number of carbonyl (C=O) groups is 1. The largest absolute Gasteiger partial charge is 0.480 e. The van der Waals surface area contributed by atoms with Crippen molar-refractivity contribution in [2.45, 2.75) is 19.4 Å². The Balaban J connectivity index is 2.93. The molecule has 6 nitrogen and oxygen atoms in total. The van der Waals surface area contributed by atoms with Crippen LogP contribution in [0.3, 0.4) is 0 Å². The zero-order chi connectivity index (χ0) is 9.84. The summed E-state index contributed by atoms with van der Waals surface area (Å²) in [7, 11) is 0. The number of rotatable bonds is 3. The number of hydrogen-bond acceptors (Lipinski definition) is 4. The van der Waals surface area contributed by atoms with Crippen LogP contribution >= 0.6 is 0 Å². The van der Waals surface area contributed by atoms with Gasteiger partial charge in [0.15, 0.2) is 6.04 Å². The van der Waals surface area contributed by atoms with E-state index in [1.807, 2.05) is 0 Å². The summed E-state index contributed by atoms with van der Waals surface area (Å²) in [6, 6.07) is 0.988. The first-order valence-electron chi connectivity index (χ1n) is 3.73. The highest BCUT2D eigenvalue weighted by atomic mass is 16.4. The van der Waals surface area contributed by atoms with Gasteiger partial charge >= 0.3 is 5.97 Å². The summed E-state index contributed by atoms with van der Waals surface area (Å²) in [4.78, 5) is 14.3. The Morgan fingerprint density at radius 3 is 3.00 bits per heavy atom. The minimum atomic E-state index is -0.975. The SMILES string of the molecule is CC[C@@H](C(=O)O)n1cnc(C#N)n1. The summed E-state index contributed by atoms with van der Waals surface area (Å²) in [5.41, 5.74) is 0. The van der Waals surface area contributed by atoms with Crippen molar-refractivity contribution in [1.29, 1.82) is 5.26 Å². The fourth-order valence-electron chi connectivity index (χ4n) is 0.951. The summed E-state index contributed by atoms with van der Waals surface area (Å²) < 4.78 is 1.18. The Kier molecular flexibility index (Phi) is 2.59. The third-order valence-electron chi connectivity index (χ3n) is 1.60. The zero-order valence-corrected chi connectivity index (χ0v) is 7.01. The Morgan fingerprint density at radius 2 is 2.62 bits per heavy atom. The van der Waals surface area contributed by atoms with E-state index in [2.05, 4.69) is 10.1 Å². The van der Waals surface area contributed by atoms with Crippen LogP contribution in [0, 0.1) is 11.3 Å². The number of nitrogens with zero attached hydrogens (tertiary/aromatic N) is 4. The quantitative estimate of drug-likeness (QED) is 0.716. The topological polar surface area (TPSA) is 91.8 Å². The van der Waals surface area contributed by atoms with Gasteiger partial charge in [-0.15, -0.1) is 5.10 Å². The van der Waals surface area contributed by atoms with Gasteiger partial charge in [-0.05, 0) is 6.42 Å². The van der Waals surface area contributed by atoms with Crippen LogP contribution < -0.4 is 0 Å². The van der Waals surface area contributed by atoms with Crippen LogP contribution in [0.4, 0.5) is 0 Å². The molecular formula is C7H8N4O2. The maximum atomic E-state index is 10.7. The predicted octanol–water partition coefficient (Wildman–Crippen LogP) is 0.185. The lowest BCUT2D eigenvalue weighted by atomic mass is 10.2. The summed E-state index contributed by atoms with van der Waals surface area (Å²) >= 11 is 0. The summed E-state index contributed by atoms with van der Waals surface area (Å²) in [5.74, 6) is -0.989. The lowest BCUT2D eigenvalue weighted by Crippen LogP contribution is -2.18. The molecule has 13 heavy (non-hydrogen) atoms. The van der Waals surface area contributed by atoms with Gasteiger partial charge < -0.3 is 5.11 Å². The molecule has 0 spiro atoms. The van der Waals surface area contributed by atoms with Gasteiger partial charge in [0.2, 0.25) is 0 Å². The first-order chi connectivity index (χ1) is 6.19. The van der Waals surface area contributed by atoms with Crippen molar-refractivity contribution < 1.29 is 9.90 Å². The average molecular weight is 180 g/mol. The number of hydrogen-bond donors (Lipinski definition) is 1. The van der Waals surface area contributed by atoms with Crippen molar-refractivity contribution in [3.05, 3.63) is 12.2 Å². The number of aromatic nitrogens is 3. The van der Waals surface area contributed by atoms with Crippen LogP contribution in [-0.2, 0) is 4.79 Å². The Hall–Kier alpha value is -1.90. The molecule has 0 unspecified atom stereocenters. The van der Waals surface area contributed by atoms with E-state index < -0.39 is 12.0 Å². The molecule has 1 aromatic heterocycles. The van der Waals surface area contributed by atoms with Crippen LogP contribution in [0.2, 0.25) is 0 Å². The molecule has 1 aromatic rings. The van der Waals surface area contributed by atoms with Crippen molar-refractivity contribution in [3.63, 3.8) is 0 Å². The van der Waals surface area contributed by atoms with E-state index in [-0.39, 0.29) is 5.82 Å². The average Bonchev–Trinajstić information content (AvgIpc) is 2.53. The number of carboxylic acid groups (broad SMARTS) is 1. The minimum absolute atomic E-state index is 0.0142. The van der Waals surface area contributed by atoms with E-state index >= 15 is 0 Å². The fourth-order valence-corrected chi connectivity index (χ4v) is 0.951. The minimum Gasteiger partial charge on any atom is -0.480 e. The standard InChI is InChI=1S/C7H8N4O2/c1-2-5(7(12)13)11-4-9-6(3-8)10-11/h4-5H,2H2,1H3,(H,12,13)/t5-/m0/s1. The molecule has 1 heterocycles. The maximum Gasteiger partial charge on any atom is 0.328 e. The smallest absolute Gasteiger partial charge is 0.328 e. The van der Waals surface area contributed by atoms with Crippen LogP contribution in [0.15, 0.2) is 6.33 Å². The Morgan fingerprint density at radius 1 is 1.92 bits per heavy atom. The van der Waals surface area contributed by atoms with Gasteiger partial charge in [-0.2, -0.15) is 5.26 Å². The van der Waals surface area contributed by atoms with Crippen LogP contribution in [-0.4, -0.2) is 25.8 Å². The monoisotopic (exact) mass is 180 g/mol. The highest BCUT2D eigenvalue weighted by molar-refractivity contribution is 5.71. The molecule has 1 atom stereocenters. The molecule has 0 bridgehead atoms. The first kappa shape index (κ1) is 9.19. The van der Waals surface area contributed by atoms with Gasteiger partial charge in [0, 0.05) is 0 Å². The second kappa shape index (κ2) is 3.67. The molecule has 6 heteroatoms. The molecule has 0 amide bonds. The van der Waals surface area contributed by atoms with Gasteiger partial charge in [-0.25, -0.2) is 14.5 Å². The summed E-state index contributed by atoms with van der Waals surface area (Å²) in [5, 5.41) is 20.8. The Bertz CT molecular complexity index is 352. The highest BCUT2D eigenvalue weighted by Gasteiger charge is 2.18. The lowest BCUT2D eigenvalue weighted by molar-refractivity contribution is -0.141. The molecule has 0 saturated heterocycles. The maximum absolute atomic E-state index is 10.7. The van der Waals surface area contributed by atoms with Gasteiger partial charge in [0.05, 0.1) is 0 Å². The van der Waals surface area contributed by atoms with E-state index in [0.717, 1.165) is 0 Å². The second-order valence-corrected chi connectivity index (χ2v) is 2.42. The first-order valence-corrected chi connectivity index (χ1v) is 3.73. The number of aliphatic carboxylic acids is 1. The molecule has 0 radical (unpaired) electrons. The molecule has 0 aliphatic heterocycles. The van der Waals surface area contributed by atoms with E-state index in [1.165, 1.54) is 11.0 Å². The molecule has 0 fully saturated rings. The van der Waals surface area contributed by atoms with E-state index in [1.54, 1.807) is 13.0 Å².